The minimum Gasteiger partial charge on any atom is -0.365 e. The predicted molar refractivity (Wildman–Crippen MR) is 80.4 cm³/mol. The van der Waals surface area contributed by atoms with Crippen molar-refractivity contribution in [2.75, 3.05) is 31.6 Å². The second-order valence-electron chi connectivity index (χ2n) is 4.34. The molecule has 0 unspecified atom stereocenters. The number of halogens is 2. The SMILES string of the molecule is CC.O=Cc1ccc(NC2CN(CCCF)C2)nc1Cl. The van der Waals surface area contributed by atoms with Gasteiger partial charge in [-0.05, 0) is 18.6 Å². The standard InChI is InChI=1S/C12H15ClFN3O.C2H6/c13-12-9(8-18)2-3-11(16-12)15-10-6-17(7-10)5-1-4-14;1-2/h2-3,8,10H,1,4-7H2,(H,15,16);1-2H3. The molecule has 6 heteroatoms. The van der Waals surface area contributed by atoms with Gasteiger partial charge in [0.2, 0.25) is 0 Å². The monoisotopic (exact) mass is 301 g/mol. The van der Waals surface area contributed by atoms with Gasteiger partial charge in [-0.1, -0.05) is 25.4 Å². The highest BCUT2D eigenvalue weighted by Crippen LogP contribution is 2.18. The van der Waals surface area contributed by atoms with Gasteiger partial charge < -0.3 is 5.32 Å². The summed E-state index contributed by atoms with van der Waals surface area (Å²) in [6.07, 6.45) is 1.27. The molecular weight excluding hydrogens is 281 g/mol. The summed E-state index contributed by atoms with van der Waals surface area (Å²) in [5.41, 5.74) is 0.389. The molecule has 0 aromatic carbocycles. The third-order valence-corrected chi connectivity index (χ3v) is 3.22. The van der Waals surface area contributed by atoms with Gasteiger partial charge >= 0.3 is 0 Å². The first-order valence-electron chi connectivity index (χ1n) is 6.89. The fraction of sp³-hybridized carbons (Fsp3) is 0.571. The summed E-state index contributed by atoms with van der Waals surface area (Å²) in [5.74, 6) is 0.667. The molecule has 1 N–H and O–H groups in total. The highest BCUT2D eigenvalue weighted by molar-refractivity contribution is 6.31. The second kappa shape index (κ2) is 8.87. The maximum atomic E-state index is 12.0. The van der Waals surface area contributed by atoms with E-state index in [1.54, 1.807) is 12.1 Å². The number of carbonyl (C=O) groups is 1. The molecule has 0 amide bonds. The zero-order valence-corrected chi connectivity index (χ0v) is 12.7. The van der Waals surface area contributed by atoms with E-state index in [0.29, 0.717) is 30.1 Å². The second-order valence-corrected chi connectivity index (χ2v) is 4.70. The van der Waals surface area contributed by atoms with Gasteiger partial charge in [-0.15, -0.1) is 0 Å². The molecule has 0 saturated carbocycles. The minimum absolute atomic E-state index is 0.212. The Morgan fingerprint density at radius 3 is 2.75 bits per heavy atom. The van der Waals surface area contributed by atoms with Crippen LogP contribution in [0.4, 0.5) is 10.2 Å². The molecule has 1 aliphatic rings. The number of aldehydes is 1. The summed E-state index contributed by atoms with van der Waals surface area (Å²) >= 11 is 5.84. The molecule has 0 radical (unpaired) electrons. The average Bonchev–Trinajstić information content (AvgIpc) is 2.43. The molecule has 1 fully saturated rings. The van der Waals surface area contributed by atoms with Crippen LogP contribution >= 0.6 is 11.6 Å². The van der Waals surface area contributed by atoms with Gasteiger partial charge in [0.15, 0.2) is 6.29 Å². The van der Waals surface area contributed by atoms with Crippen LogP contribution in [0.5, 0.6) is 0 Å². The normalized spacial score (nSPS) is 15.0. The lowest BCUT2D eigenvalue weighted by Crippen LogP contribution is -2.54. The summed E-state index contributed by atoms with van der Waals surface area (Å²) in [6, 6.07) is 3.69. The van der Waals surface area contributed by atoms with Crippen molar-refractivity contribution in [3.05, 3.63) is 22.8 Å². The average molecular weight is 302 g/mol. The van der Waals surface area contributed by atoms with Crippen molar-refractivity contribution in [3.63, 3.8) is 0 Å². The molecule has 1 aliphatic heterocycles. The van der Waals surface area contributed by atoms with Crippen LogP contribution in [0.1, 0.15) is 30.6 Å². The third-order valence-electron chi connectivity index (χ3n) is 2.92. The molecule has 2 heterocycles. The number of nitrogens with zero attached hydrogens (tertiary/aromatic N) is 2. The first-order valence-corrected chi connectivity index (χ1v) is 7.27. The molecule has 1 aromatic heterocycles. The van der Waals surface area contributed by atoms with Crippen LogP contribution in [0.3, 0.4) is 0 Å². The Balaban J connectivity index is 0.000000956. The zero-order valence-electron chi connectivity index (χ0n) is 11.9. The van der Waals surface area contributed by atoms with E-state index in [4.69, 9.17) is 11.6 Å². The van der Waals surface area contributed by atoms with E-state index in [9.17, 15) is 9.18 Å². The Hall–Kier alpha value is -1.20. The number of nitrogens with one attached hydrogen (secondary N) is 1. The molecule has 1 aromatic rings. The van der Waals surface area contributed by atoms with Crippen molar-refractivity contribution in [3.8, 4) is 0 Å². The molecule has 0 spiro atoms. The summed E-state index contributed by atoms with van der Waals surface area (Å²) in [4.78, 5) is 16.9. The molecule has 112 valence electrons. The molecular formula is C14H21ClFN3O. The fourth-order valence-electron chi connectivity index (χ4n) is 1.95. The molecule has 1 saturated heterocycles. The third kappa shape index (κ3) is 4.72. The lowest BCUT2D eigenvalue weighted by atomic mass is 10.1. The predicted octanol–water partition coefficient (Wildman–Crippen LogP) is 3.03. The maximum absolute atomic E-state index is 12.0. The van der Waals surface area contributed by atoms with Crippen LogP contribution in [-0.2, 0) is 0 Å². The van der Waals surface area contributed by atoms with E-state index in [-0.39, 0.29) is 11.8 Å². The Morgan fingerprint density at radius 1 is 1.50 bits per heavy atom. The minimum atomic E-state index is -0.265. The smallest absolute Gasteiger partial charge is 0.153 e. The van der Waals surface area contributed by atoms with Crippen molar-refractivity contribution in [2.24, 2.45) is 0 Å². The van der Waals surface area contributed by atoms with Gasteiger partial charge in [0.1, 0.15) is 11.0 Å². The highest BCUT2D eigenvalue weighted by atomic mass is 35.5. The summed E-state index contributed by atoms with van der Waals surface area (Å²) in [5, 5.41) is 3.44. The van der Waals surface area contributed by atoms with Gasteiger partial charge in [-0.2, -0.15) is 0 Å². The number of aromatic nitrogens is 1. The molecule has 4 nitrogen and oxygen atoms in total. The van der Waals surface area contributed by atoms with Crippen molar-refractivity contribution in [2.45, 2.75) is 26.3 Å². The number of rotatable bonds is 6. The first kappa shape index (κ1) is 16.9. The van der Waals surface area contributed by atoms with Gasteiger partial charge in [0.05, 0.1) is 18.3 Å². The number of hydrogen-bond acceptors (Lipinski definition) is 4. The summed E-state index contributed by atoms with van der Waals surface area (Å²) < 4.78 is 12.0. The molecule has 20 heavy (non-hydrogen) atoms. The molecule has 0 atom stereocenters. The Morgan fingerprint density at radius 2 is 2.20 bits per heavy atom. The quantitative estimate of drug-likeness (QED) is 0.648. The maximum Gasteiger partial charge on any atom is 0.153 e. The van der Waals surface area contributed by atoms with Crippen LogP contribution in [-0.4, -0.2) is 48.5 Å². The van der Waals surface area contributed by atoms with E-state index in [1.165, 1.54) is 0 Å². The topological polar surface area (TPSA) is 45.2 Å². The number of hydrogen-bond donors (Lipinski definition) is 1. The van der Waals surface area contributed by atoms with Crippen LogP contribution in [0.2, 0.25) is 5.15 Å². The van der Waals surface area contributed by atoms with E-state index < -0.39 is 0 Å². The summed E-state index contributed by atoms with van der Waals surface area (Å²) in [7, 11) is 0. The lowest BCUT2D eigenvalue weighted by Gasteiger charge is -2.39. The van der Waals surface area contributed by atoms with Gasteiger partial charge in [-0.25, -0.2) is 4.98 Å². The van der Waals surface area contributed by atoms with E-state index in [1.807, 2.05) is 13.8 Å². The van der Waals surface area contributed by atoms with Crippen molar-refractivity contribution >= 4 is 23.7 Å². The number of carbonyl (C=O) groups excluding carboxylic acids is 1. The van der Waals surface area contributed by atoms with E-state index in [2.05, 4.69) is 15.2 Å². The Kier molecular flexibility index (Phi) is 7.47. The highest BCUT2D eigenvalue weighted by Gasteiger charge is 2.26. The lowest BCUT2D eigenvalue weighted by molar-refractivity contribution is 0.112. The number of pyridine rings is 1. The van der Waals surface area contributed by atoms with Gasteiger partial charge in [0.25, 0.3) is 0 Å². The Labute approximate surface area is 124 Å². The molecule has 0 aliphatic carbocycles. The van der Waals surface area contributed by atoms with Crippen LogP contribution in [0.15, 0.2) is 12.1 Å². The number of alkyl halides is 1. The Bertz CT molecular complexity index is 425. The van der Waals surface area contributed by atoms with E-state index in [0.717, 1.165) is 19.6 Å². The zero-order chi connectivity index (χ0) is 15.0. The molecule has 2 rings (SSSR count). The van der Waals surface area contributed by atoms with E-state index >= 15 is 0 Å². The van der Waals surface area contributed by atoms with Crippen molar-refractivity contribution in [1.29, 1.82) is 0 Å². The van der Waals surface area contributed by atoms with Crippen LogP contribution in [0.25, 0.3) is 0 Å². The van der Waals surface area contributed by atoms with Crippen molar-refractivity contribution < 1.29 is 9.18 Å². The largest absolute Gasteiger partial charge is 0.365 e. The van der Waals surface area contributed by atoms with Crippen LogP contribution < -0.4 is 5.32 Å². The van der Waals surface area contributed by atoms with Crippen LogP contribution in [0, 0.1) is 0 Å². The number of likely N-dealkylation sites (tertiary alicyclic amines) is 1. The summed E-state index contributed by atoms with van der Waals surface area (Å²) in [6.45, 7) is 6.30. The van der Waals surface area contributed by atoms with Gasteiger partial charge in [-0.3, -0.25) is 14.1 Å². The van der Waals surface area contributed by atoms with Gasteiger partial charge in [0, 0.05) is 19.6 Å². The first-order chi connectivity index (χ1) is 9.72. The van der Waals surface area contributed by atoms with Crippen molar-refractivity contribution in [1.82, 2.24) is 9.88 Å². The molecule has 0 bridgehead atoms. The fourth-order valence-corrected chi connectivity index (χ4v) is 2.15. The number of anilines is 1.